The van der Waals surface area contributed by atoms with Crippen LogP contribution >= 0.6 is 0 Å². The first kappa shape index (κ1) is 14.7. The van der Waals surface area contributed by atoms with E-state index in [-0.39, 0.29) is 5.88 Å². The number of ether oxygens (including phenoxy) is 1. The van der Waals surface area contributed by atoms with Gasteiger partial charge in [-0.1, -0.05) is 41.4 Å². The molecule has 1 aliphatic carbocycles. The van der Waals surface area contributed by atoms with E-state index in [2.05, 4.69) is 15.2 Å². The largest absolute Gasteiger partial charge is 0.491 e. The molecule has 0 bridgehead atoms. The molecular weight excluding hydrogens is 292 g/mol. The summed E-state index contributed by atoms with van der Waals surface area (Å²) in [6.07, 6.45) is 5.15. The van der Waals surface area contributed by atoms with Crippen molar-refractivity contribution < 1.29 is 9.84 Å². The topological polar surface area (TPSA) is 63.4 Å². The van der Waals surface area contributed by atoms with Crippen LogP contribution in [0.2, 0.25) is 0 Å². The smallest absolute Gasteiger partial charge is 0.256 e. The number of hydrogen-bond donors (Lipinski definition) is 1. The standard InChI is InChI=1S/C17H22N4O2/c22-17-15(21(19-18-17)13-6-2-1-3-7-13)12-20-10-11-23-16-9-5-4-8-14(16)20/h1-3,6-7,14,16,22H,4-5,8-12H2. The van der Waals surface area contributed by atoms with Crippen LogP contribution in [-0.2, 0) is 11.3 Å². The van der Waals surface area contributed by atoms with Crippen molar-refractivity contribution in [3.63, 3.8) is 0 Å². The van der Waals surface area contributed by atoms with E-state index in [0.717, 1.165) is 31.0 Å². The molecule has 2 atom stereocenters. The third-order valence-corrected chi connectivity index (χ3v) is 4.94. The summed E-state index contributed by atoms with van der Waals surface area (Å²) >= 11 is 0. The number of rotatable bonds is 3. The van der Waals surface area contributed by atoms with E-state index in [1.54, 1.807) is 4.68 Å². The zero-order chi connectivity index (χ0) is 15.6. The quantitative estimate of drug-likeness (QED) is 0.940. The lowest BCUT2D eigenvalue weighted by Crippen LogP contribution is -2.52. The summed E-state index contributed by atoms with van der Waals surface area (Å²) in [6.45, 7) is 2.30. The molecule has 2 aromatic rings. The second kappa shape index (κ2) is 6.29. The van der Waals surface area contributed by atoms with Crippen LogP contribution in [0.15, 0.2) is 30.3 Å². The zero-order valence-corrected chi connectivity index (χ0v) is 13.1. The molecule has 1 saturated carbocycles. The number of hydrogen-bond acceptors (Lipinski definition) is 5. The van der Waals surface area contributed by atoms with E-state index >= 15 is 0 Å². The van der Waals surface area contributed by atoms with Crippen LogP contribution in [0.4, 0.5) is 0 Å². The van der Waals surface area contributed by atoms with Gasteiger partial charge in [-0.2, -0.15) is 0 Å². The van der Waals surface area contributed by atoms with Crippen molar-refractivity contribution in [2.24, 2.45) is 0 Å². The maximum Gasteiger partial charge on any atom is 0.256 e. The molecule has 2 unspecified atom stereocenters. The Kier molecular flexibility index (Phi) is 4.01. The van der Waals surface area contributed by atoms with Gasteiger partial charge in [0.2, 0.25) is 0 Å². The van der Waals surface area contributed by atoms with Crippen molar-refractivity contribution in [2.45, 2.75) is 44.4 Å². The molecule has 0 radical (unpaired) electrons. The summed E-state index contributed by atoms with van der Waals surface area (Å²) < 4.78 is 7.67. The van der Waals surface area contributed by atoms with Gasteiger partial charge in [0.1, 0.15) is 5.69 Å². The molecular formula is C17H22N4O2. The molecule has 1 aromatic heterocycles. The Balaban J connectivity index is 1.60. The number of benzene rings is 1. The molecule has 1 aliphatic heterocycles. The van der Waals surface area contributed by atoms with Crippen molar-refractivity contribution in [1.82, 2.24) is 19.9 Å². The lowest BCUT2D eigenvalue weighted by Gasteiger charge is -2.43. The van der Waals surface area contributed by atoms with Gasteiger partial charge in [0.15, 0.2) is 0 Å². The molecule has 1 N–H and O–H groups in total. The van der Waals surface area contributed by atoms with Crippen molar-refractivity contribution in [2.75, 3.05) is 13.2 Å². The normalized spacial score (nSPS) is 25.2. The summed E-state index contributed by atoms with van der Waals surface area (Å²) in [7, 11) is 0. The summed E-state index contributed by atoms with van der Waals surface area (Å²) in [6, 6.07) is 10.3. The zero-order valence-electron chi connectivity index (χ0n) is 13.1. The Morgan fingerprint density at radius 3 is 2.87 bits per heavy atom. The minimum absolute atomic E-state index is 0.0210. The Bertz CT molecular complexity index is 656. The summed E-state index contributed by atoms with van der Waals surface area (Å²) in [5, 5.41) is 18.2. The van der Waals surface area contributed by atoms with Crippen LogP contribution in [0, 0.1) is 0 Å². The fourth-order valence-corrected chi connectivity index (χ4v) is 3.77. The van der Waals surface area contributed by atoms with E-state index in [1.165, 1.54) is 19.3 Å². The van der Waals surface area contributed by atoms with Gasteiger partial charge in [0.05, 0.1) is 18.4 Å². The highest BCUT2D eigenvalue weighted by molar-refractivity contribution is 5.34. The average molecular weight is 314 g/mol. The molecule has 0 spiro atoms. The first-order valence-corrected chi connectivity index (χ1v) is 8.37. The maximum absolute atomic E-state index is 10.2. The Morgan fingerprint density at radius 2 is 2.00 bits per heavy atom. The Labute approximate surface area is 135 Å². The van der Waals surface area contributed by atoms with Gasteiger partial charge in [-0.3, -0.25) is 4.90 Å². The molecule has 1 saturated heterocycles. The predicted octanol–water partition coefficient (Wildman–Crippen LogP) is 2.12. The SMILES string of the molecule is Oc1nnn(-c2ccccc2)c1CN1CCOC2CCCCC21. The van der Waals surface area contributed by atoms with Crippen LogP contribution in [0.5, 0.6) is 5.88 Å². The summed E-state index contributed by atoms with van der Waals surface area (Å²) in [4.78, 5) is 2.42. The Morgan fingerprint density at radius 1 is 1.17 bits per heavy atom. The third kappa shape index (κ3) is 2.84. The number of aromatic nitrogens is 3. The van der Waals surface area contributed by atoms with Crippen LogP contribution in [0.1, 0.15) is 31.4 Å². The minimum Gasteiger partial charge on any atom is -0.491 e. The highest BCUT2D eigenvalue weighted by Gasteiger charge is 2.35. The molecule has 4 rings (SSSR count). The second-order valence-corrected chi connectivity index (χ2v) is 6.34. The summed E-state index contributed by atoms with van der Waals surface area (Å²) in [5.74, 6) is 0.0210. The van der Waals surface area contributed by atoms with E-state index in [0.29, 0.717) is 18.7 Å². The van der Waals surface area contributed by atoms with Crippen LogP contribution in [0.25, 0.3) is 5.69 Å². The van der Waals surface area contributed by atoms with E-state index in [1.807, 2.05) is 30.3 Å². The average Bonchev–Trinajstić information content (AvgIpc) is 2.97. The highest BCUT2D eigenvalue weighted by Crippen LogP contribution is 2.30. The Hall–Kier alpha value is -1.92. The molecule has 2 aliphatic rings. The van der Waals surface area contributed by atoms with Gasteiger partial charge >= 0.3 is 0 Å². The van der Waals surface area contributed by atoms with Crippen molar-refractivity contribution >= 4 is 0 Å². The fraction of sp³-hybridized carbons (Fsp3) is 0.529. The molecule has 2 heterocycles. The highest BCUT2D eigenvalue weighted by atomic mass is 16.5. The molecule has 0 amide bonds. The van der Waals surface area contributed by atoms with Crippen LogP contribution in [-0.4, -0.2) is 50.3 Å². The van der Waals surface area contributed by atoms with Gasteiger partial charge < -0.3 is 9.84 Å². The number of para-hydroxylation sites is 1. The minimum atomic E-state index is 0.0210. The number of morpholine rings is 1. The molecule has 1 aromatic carbocycles. The van der Waals surface area contributed by atoms with E-state index < -0.39 is 0 Å². The monoisotopic (exact) mass is 314 g/mol. The lowest BCUT2D eigenvalue weighted by molar-refractivity contribution is -0.0917. The molecule has 6 nitrogen and oxygen atoms in total. The van der Waals surface area contributed by atoms with Crippen molar-refractivity contribution in [1.29, 1.82) is 0 Å². The number of fused-ring (bicyclic) bond motifs is 1. The molecule has 2 fully saturated rings. The van der Waals surface area contributed by atoms with Gasteiger partial charge in [0, 0.05) is 19.1 Å². The fourth-order valence-electron chi connectivity index (χ4n) is 3.77. The van der Waals surface area contributed by atoms with Gasteiger partial charge in [0.25, 0.3) is 5.88 Å². The lowest BCUT2D eigenvalue weighted by atomic mass is 9.90. The predicted molar refractivity (Wildman–Crippen MR) is 85.4 cm³/mol. The van der Waals surface area contributed by atoms with Gasteiger partial charge in [-0.05, 0) is 25.0 Å². The molecule has 6 heteroatoms. The van der Waals surface area contributed by atoms with E-state index in [9.17, 15) is 5.11 Å². The summed E-state index contributed by atoms with van der Waals surface area (Å²) in [5.41, 5.74) is 1.67. The van der Waals surface area contributed by atoms with Crippen LogP contribution < -0.4 is 0 Å². The first-order chi connectivity index (χ1) is 11.3. The van der Waals surface area contributed by atoms with Gasteiger partial charge in [-0.25, -0.2) is 4.68 Å². The number of nitrogens with zero attached hydrogens (tertiary/aromatic N) is 4. The van der Waals surface area contributed by atoms with E-state index in [4.69, 9.17) is 4.74 Å². The maximum atomic E-state index is 10.2. The van der Waals surface area contributed by atoms with Gasteiger partial charge in [-0.15, -0.1) is 0 Å². The third-order valence-electron chi connectivity index (χ3n) is 4.94. The number of aromatic hydroxyl groups is 1. The van der Waals surface area contributed by atoms with Crippen molar-refractivity contribution in [3.05, 3.63) is 36.0 Å². The molecule has 122 valence electrons. The molecule has 23 heavy (non-hydrogen) atoms. The van der Waals surface area contributed by atoms with Crippen molar-refractivity contribution in [3.8, 4) is 11.6 Å². The first-order valence-electron chi connectivity index (χ1n) is 8.37. The van der Waals surface area contributed by atoms with Crippen LogP contribution in [0.3, 0.4) is 0 Å². The second-order valence-electron chi connectivity index (χ2n) is 6.34.